The van der Waals surface area contributed by atoms with E-state index in [9.17, 15) is 19.2 Å². The summed E-state index contributed by atoms with van der Waals surface area (Å²) < 4.78 is 10.5. The van der Waals surface area contributed by atoms with Crippen LogP contribution in [-0.4, -0.2) is 55.1 Å². The number of rotatable bonds is 7. The topological polar surface area (TPSA) is 114 Å². The van der Waals surface area contributed by atoms with Gasteiger partial charge in [-0.1, -0.05) is 30.2 Å². The molecule has 9 nitrogen and oxygen atoms in total. The number of halogens is 1. The van der Waals surface area contributed by atoms with Crippen LogP contribution in [0.2, 0.25) is 5.02 Å². The van der Waals surface area contributed by atoms with E-state index in [-0.39, 0.29) is 36.9 Å². The number of urea groups is 1. The van der Waals surface area contributed by atoms with E-state index >= 15 is 0 Å². The lowest BCUT2D eigenvalue weighted by atomic mass is 9.95. The molecule has 32 heavy (non-hydrogen) atoms. The van der Waals surface area contributed by atoms with Crippen LogP contribution in [0.15, 0.2) is 35.5 Å². The number of amides is 3. The molecule has 2 aliphatic rings. The van der Waals surface area contributed by atoms with Crippen molar-refractivity contribution in [2.45, 2.75) is 38.6 Å². The fourth-order valence-electron chi connectivity index (χ4n) is 3.65. The van der Waals surface area contributed by atoms with Gasteiger partial charge in [0.15, 0.2) is 0 Å². The summed E-state index contributed by atoms with van der Waals surface area (Å²) in [5.41, 5.74) is 0.876. The third kappa shape index (κ3) is 6.00. The highest BCUT2D eigenvalue weighted by Crippen LogP contribution is 2.28. The Hall–Kier alpha value is -3.07. The van der Waals surface area contributed by atoms with Crippen LogP contribution in [0.4, 0.5) is 4.79 Å². The summed E-state index contributed by atoms with van der Waals surface area (Å²) in [4.78, 5) is 51.0. The van der Waals surface area contributed by atoms with Crippen molar-refractivity contribution in [3.63, 3.8) is 0 Å². The molecule has 0 aromatic heterocycles. The monoisotopic (exact) mass is 463 g/mol. The zero-order valence-corrected chi connectivity index (χ0v) is 18.6. The van der Waals surface area contributed by atoms with Gasteiger partial charge in [0, 0.05) is 18.0 Å². The number of likely N-dealkylation sites (tertiary alicyclic amines) is 1. The molecule has 0 aliphatic carbocycles. The lowest BCUT2D eigenvalue weighted by Gasteiger charge is -2.29. The van der Waals surface area contributed by atoms with Gasteiger partial charge < -0.3 is 25.0 Å². The number of benzene rings is 1. The molecule has 1 atom stereocenters. The molecule has 2 aliphatic heterocycles. The third-order valence-electron chi connectivity index (χ3n) is 5.22. The second-order valence-electron chi connectivity index (χ2n) is 7.48. The highest BCUT2D eigenvalue weighted by atomic mass is 35.5. The molecule has 2 N–H and O–H groups in total. The van der Waals surface area contributed by atoms with Crippen LogP contribution in [0, 0.1) is 0 Å². The Bertz CT molecular complexity index is 915. The van der Waals surface area contributed by atoms with Crippen molar-refractivity contribution >= 4 is 35.5 Å². The smallest absolute Gasteiger partial charge is 0.338 e. The number of carbonyl (C=O) groups is 4. The summed E-state index contributed by atoms with van der Waals surface area (Å²) >= 11 is 5.95. The maximum absolute atomic E-state index is 12.7. The molecule has 3 rings (SSSR count). The minimum atomic E-state index is -0.805. The van der Waals surface area contributed by atoms with Gasteiger partial charge in [-0.05, 0) is 37.5 Å². The van der Waals surface area contributed by atoms with Crippen molar-refractivity contribution in [3.8, 4) is 0 Å². The van der Waals surface area contributed by atoms with Crippen LogP contribution in [0.5, 0.6) is 0 Å². The Balaban J connectivity index is 1.79. The van der Waals surface area contributed by atoms with Crippen LogP contribution in [0.3, 0.4) is 0 Å². The van der Waals surface area contributed by atoms with Gasteiger partial charge in [0.1, 0.15) is 13.2 Å². The molecular formula is C22H26ClN3O6. The SMILES string of the molecule is CCOC(=O)C1=C(COC(=O)CN2CCCCCC2=O)NC(=O)NC1c1ccc(Cl)cc1. The van der Waals surface area contributed by atoms with Crippen LogP contribution in [-0.2, 0) is 23.9 Å². The minimum absolute atomic E-state index is 0.0798. The number of esters is 2. The first-order valence-corrected chi connectivity index (χ1v) is 10.9. The maximum Gasteiger partial charge on any atom is 0.338 e. The minimum Gasteiger partial charge on any atom is -0.463 e. The van der Waals surface area contributed by atoms with Crippen molar-refractivity contribution in [1.29, 1.82) is 0 Å². The maximum atomic E-state index is 12.7. The molecule has 1 unspecified atom stereocenters. The van der Waals surface area contributed by atoms with Crippen molar-refractivity contribution in [3.05, 3.63) is 46.1 Å². The lowest BCUT2D eigenvalue weighted by Crippen LogP contribution is -2.47. The highest BCUT2D eigenvalue weighted by molar-refractivity contribution is 6.30. The summed E-state index contributed by atoms with van der Waals surface area (Å²) in [6.07, 6.45) is 3.00. The van der Waals surface area contributed by atoms with Crippen LogP contribution in [0.1, 0.15) is 44.2 Å². The molecule has 1 aromatic rings. The summed E-state index contributed by atoms with van der Waals surface area (Å²) in [5.74, 6) is -1.34. The number of carbonyl (C=O) groups excluding carboxylic acids is 4. The van der Waals surface area contributed by atoms with Gasteiger partial charge in [-0.15, -0.1) is 0 Å². The van der Waals surface area contributed by atoms with Gasteiger partial charge in [-0.3, -0.25) is 9.59 Å². The van der Waals surface area contributed by atoms with Crippen molar-refractivity contribution in [2.75, 3.05) is 26.3 Å². The van der Waals surface area contributed by atoms with Gasteiger partial charge >= 0.3 is 18.0 Å². The number of nitrogens with zero attached hydrogens (tertiary/aromatic N) is 1. The average molecular weight is 464 g/mol. The second-order valence-corrected chi connectivity index (χ2v) is 7.92. The zero-order valence-electron chi connectivity index (χ0n) is 17.8. The van der Waals surface area contributed by atoms with Crippen LogP contribution < -0.4 is 10.6 Å². The Labute approximate surface area is 191 Å². The fourth-order valence-corrected chi connectivity index (χ4v) is 3.77. The highest BCUT2D eigenvalue weighted by Gasteiger charge is 2.34. The Morgan fingerprint density at radius 1 is 1.12 bits per heavy atom. The average Bonchev–Trinajstić information content (AvgIpc) is 2.96. The number of nitrogens with one attached hydrogen (secondary N) is 2. The summed E-state index contributed by atoms with van der Waals surface area (Å²) in [6.45, 7) is 1.79. The van der Waals surface area contributed by atoms with Crippen molar-refractivity contribution in [2.24, 2.45) is 0 Å². The third-order valence-corrected chi connectivity index (χ3v) is 5.47. The molecule has 1 saturated heterocycles. The standard InChI is InChI=1S/C22H26ClN3O6/c1-2-31-21(29)19-16(13-32-18(28)12-26-11-5-3-4-6-17(26)27)24-22(30)25-20(19)14-7-9-15(23)10-8-14/h7-10,20H,2-6,11-13H2,1H3,(H2,24,25,30). The van der Waals surface area contributed by atoms with Gasteiger partial charge in [0.25, 0.3) is 0 Å². The Morgan fingerprint density at radius 2 is 1.88 bits per heavy atom. The van der Waals surface area contributed by atoms with Crippen molar-refractivity contribution < 1.29 is 28.7 Å². The normalized spacial score (nSPS) is 19.1. The molecular weight excluding hydrogens is 438 g/mol. The molecule has 0 saturated carbocycles. The second kappa shape index (κ2) is 11.0. The Morgan fingerprint density at radius 3 is 2.59 bits per heavy atom. The summed E-state index contributed by atoms with van der Waals surface area (Å²) in [7, 11) is 0. The van der Waals surface area contributed by atoms with Gasteiger partial charge in [0.05, 0.1) is 23.9 Å². The van der Waals surface area contributed by atoms with E-state index in [0.29, 0.717) is 23.6 Å². The fraction of sp³-hybridized carbons (Fsp3) is 0.455. The molecule has 172 valence electrons. The first-order valence-electron chi connectivity index (χ1n) is 10.6. The first kappa shape index (κ1) is 23.6. The van der Waals surface area contributed by atoms with Crippen molar-refractivity contribution in [1.82, 2.24) is 15.5 Å². The number of ether oxygens (including phenoxy) is 2. The molecule has 2 heterocycles. The predicted molar refractivity (Wildman–Crippen MR) is 116 cm³/mol. The van der Waals surface area contributed by atoms with Gasteiger partial charge in [-0.25, -0.2) is 9.59 Å². The van der Waals surface area contributed by atoms with Crippen LogP contribution >= 0.6 is 11.6 Å². The molecule has 10 heteroatoms. The van der Waals surface area contributed by atoms with E-state index in [1.807, 2.05) is 0 Å². The molecule has 0 spiro atoms. The Kier molecular flexibility index (Phi) is 8.10. The molecule has 3 amide bonds. The van der Waals surface area contributed by atoms with E-state index in [4.69, 9.17) is 21.1 Å². The zero-order chi connectivity index (χ0) is 23.1. The number of hydrogen-bond acceptors (Lipinski definition) is 6. The van der Waals surface area contributed by atoms with E-state index in [1.165, 1.54) is 4.90 Å². The quantitative estimate of drug-likeness (QED) is 0.600. The molecule has 0 radical (unpaired) electrons. The van der Waals surface area contributed by atoms with E-state index < -0.39 is 24.0 Å². The van der Waals surface area contributed by atoms with E-state index in [1.54, 1.807) is 31.2 Å². The molecule has 1 fully saturated rings. The van der Waals surface area contributed by atoms with Gasteiger partial charge in [0.2, 0.25) is 5.91 Å². The summed E-state index contributed by atoms with van der Waals surface area (Å²) in [5, 5.41) is 5.74. The molecule has 0 bridgehead atoms. The molecule has 1 aromatic carbocycles. The van der Waals surface area contributed by atoms with Gasteiger partial charge in [-0.2, -0.15) is 0 Å². The predicted octanol–water partition coefficient (Wildman–Crippen LogP) is 2.46. The van der Waals surface area contributed by atoms with E-state index in [2.05, 4.69) is 10.6 Å². The number of hydrogen-bond donors (Lipinski definition) is 2. The van der Waals surface area contributed by atoms with Crippen LogP contribution in [0.25, 0.3) is 0 Å². The first-order chi connectivity index (χ1) is 15.4. The summed E-state index contributed by atoms with van der Waals surface area (Å²) in [6, 6.07) is 5.31. The largest absolute Gasteiger partial charge is 0.463 e. The lowest BCUT2D eigenvalue weighted by molar-refractivity contribution is -0.148. The van der Waals surface area contributed by atoms with E-state index in [0.717, 1.165) is 19.3 Å².